The number of carbonyl (C=O) groups excluding carboxylic acids is 1. The van der Waals surface area contributed by atoms with Crippen molar-refractivity contribution in [1.82, 2.24) is 9.62 Å². The maximum atomic E-state index is 13.2. The van der Waals surface area contributed by atoms with Gasteiger partial charge in [-0.25, -0.2) is 8.42 Å². The van der Waals surface area contributed by atoms with E-state index in [9.17, 15) is 13.2 Å². The van der Waals surface area contributed by atoms with Gasteiger partial charge in [-0.1, -0.05) is 36.6 Å². The van der Waals surface area contributed by atoms with E-state index in [-0.39, 0.29) is 22.1 Å². The van der Waals surface area contributed by atoms with Gasteiger partial charge in [-0.2, -0.15) is 4.31 Å². The van der Waals surface area contributed by atoms with Crippen LogP contribution in [-0.4, -0.2) is 38.8 Å². The van der Waals surface area contributed by atoms with Crippen LogP contribution in [0.15, 0.2) is 47.4 Å². The Morgan fingerprint density at radius 2 is 1.83 bits per heavy atom. The normalized spacial score (nSPS) is 15.5. The average Bonchev–Trinajstić information content (AvgIpc) is 3.02. The highest BCUT2D eigenvalue weighted by Gasteiger charge is 2.29. The average molecular weight is 437 g/mol. The summed E-state index contributed by atoms with van der Waals surface area (Å²) in [6.07, 6.45) is 3.72. The summed E-state index contributed by atoms with van der Waals surface area (Å²) in [5.74, 6) is -0.124. The highest BCUT2D eigenvalue weighted by Crippen LogP contribution is 2.29. The maximum Gasteiger partial charge on any atom is 0.251 e. The van der Waals surface area contributed by atoms with Gasteiger partial charge in [-0.3, -0.25) is 4.79 Å². The molecule has 2 aromatic rings. The van der Waals surface area contributed by atoms with Gasteiger partial charge >= 0.3 is 0 Å². The minimum absolute atomic E-state index is 0.0253. The lowest BCUT2D eigenvalue weighted by molar-refractivity contribution is 0.0950. The van der Waals surface area contributed by atoms with Gasteiger partial charge in [0.25, 0.3) is 5.91 Å². The molecule has 2 aromatic carbocycles. The zero-order chi connectivity index (χ0) is 20.9. The monoisotopic (exact) mass is 436 g/mol. The Balaban J connectivity index is 1.83. The molecule has 0 aliphatic carbocycles. The minimum atomic E-state index is -3.75. The molecule has 1 aliphatic heterocycles. The lowest BCUT2D eigenvalue weighted by Crippen LogP contribution is -2.32. The number of rotatable bonds is 6. The Labute approximate surface area is 176 Å². The Morgan fingerprint density at radius 3 is 2.48 bits per heavy atom. The third-order valence-corrected chi connectivity index (χ3v) is 7.11. The van der Waals surface area contributed by atoms with E-state index in [1.165, 1.54) is 23.5 Å². The third-order valence-electron chi connectivity index (χ3n) is 4.95. The van der Waals surface area contributed by atoms with Crippen LogP contribution < -0.4 is 10.1 Å². The van der Waals surface area contributed by atoms with E-state index in [1.807, 2.05) is 12.1 Å². The van der Waals surface area contributed by atoms with Gasteiger partial charge in [0.15, 0.2) is 0 Å². The Morgan fingerprint density at radius 1 is 1.10 bits per heavy atom. The predicted molar refractivity (Wildman–Crippen MR) is 113 cm³/mol. The topological polar surface area (TPSA) is 75.7 Å². The van der Waals surface area contributed by atoms with Gasteiger partial charge in [0.2, 0.25) is 10.0 Å². The molecule has 6 nitrogen and oxygen atoms in total. The molecule has 0 spiro atoms. The second-order valence-electron chi connectivity index (χ2n) is 7.00. The van der Waals surface area contributed by atoms with E-state index >= 15 is 0 Å². The van der Waals surface area contributed by atoms with Gasteiger partial charge in [0.05, 0.1) is 7.11 Å². The number of halogens is 1. The minimum Gasteiger partial charge on any atom is -0.495 e. The van der Waals surface area contributed by atoms with Crippen molar-refractivity contribution in [2.75, 3.05) is 20.2 Å². The number of nitrogens with one attached hydrogen (secondary N) is 1. The van der Waals surface area contributed by atoms with Crippen molar-refractivity contribution in [3.63, 3.8) is 0 Å². The van der Waals surface area contributed by atoms with E-state index in [2.05, 4.69) is 5.32 Å². The van der Waals surface area contributed by atoms with Crippen molar-refractivity contribution in [3.05, 3.63) is 58.6 Å². The molecule has 1 N–H and O–H groups in total. The molecule has 1 heterocycles. The number of hydrogen-bond donors (Lipinski definition) is 1. The number of sulfonamides is 1. The van der Waals surface area contributed by atoms with Crippen molar-refractivity contribution in [3.8, 4) is 5.75 Å². The molecule has 1 aliphatic rings. The second-order valence-corrected chi connectivity index (χ2v) is 9.34. The molecule has 29 heavy (non-hydrogen) atoms. The molecule has 0 saturated carbocycles. The highest BCUT2D eigenvalue weighted by atomic mass is 35.5. The molecular formula is C21H25ClN2O4S. The van der Waals surface area contributed by atoms with Crippen LogP contribution in [-0.2, 0) is 16.6 Å². The van der Waals surface area contributed by atoms with Crippen molar-refractivity contribution < 1.29 is 17.9 Å². The number of nitrogens with zero attached hydrogens (tertiary/aromatic N) is 1. The molecule has 0 aromatic heterocycles. The molecule has 0 unspecified atom stereocenters. The lowest BCUT2D eigenvalue weighted by atomic mass is 10.2. The fraction of sp³-hybridized carbons (Fsp3) is 0.381. The summed E-state index contributed by atoms with van der Waals surface area (Å²) in [4.78, 5) is 12.6. The fourth-order valence-corrected chi connectivity index (χ4v) is 5.28. The van der Waals surface area contributed by atoms with Crippen LogP contribution in [0.25, 0.3) is 0 Å². The summed E-state index contributed by atoms with van der Waals surface area (Å²) in [6.45, 7) is 1.26. The first-order valence-electron chi connectivity index (χ1n) is 9.62. The Kier molecular flexibility index (Phi) is 7.16. The van der Waals surface area contributed by atoms with Crippen LogP contribution in [0.1, 0.15) is 41.6 Å². The van der Waals surface area contributed by atoms with Gasteiger partial charge in [0, 0.05) is 30.2 Å². The van der Waals surface area contributed by atoms with E-state index in [0.29, 0.717) is 24.7 Å². The largest absolute Gasteiger partial charge is 0.495 e. The Hall–Kier alpha value is -2.09. The zero-order valence-corrected chi connectivity index (χ0v) is 17.9. The molecule has 1 saturated heterocycles. The zero-order valence-electron chi connectivity index (χ0n) is 16.4. The van der Waals surface area contributed by atoms with Crippen LogP contribution in [0.5, 0.6) is 5.75 Å². The van der Waals surface area contributed by atoms with Crippen molar-refractivity contribution >= 4 is 27.5 Å². The molecule has 3 rings (SSSR count). The number of methoxy groups -OCH3 is 1. The van der Waals surface area contributed by atoms with Crippen molar-refractivity contribution in [1.29, 1.82) is 0 Å². The van der Waals surface area contributed by atoms with Crippen LogP contribution in [0.2, 0.25) is 5.02 Å². The van der Waals surface area contributed by atoms with Crippen molar-refractivity contribution in [2.24, 2.45) is 0 Å². The maximum absolute atomic E-state index is 13.2. The molecule has 0 atom stereocenters. The number of amides is 1. The smallest absolute Gasteiger partial charge is 0.251 e. The first-order valence-corrected chi connectivity index (χ1v) is 11.4. The summed E-state index contributed by atoms with van der Waals surface area (Å²) < 4.78 is 33.2. The fourth-order valence-electron chi connectivity index (χ4n) is 3.37. The third kappa shape index (κ3) is 5.29. The summed E-state index contributed by atoms with van der Waals surface area (Å²) in [6, 6.07) is 11.7. The van der Waals surface area contributed by atoms with E-state index in [4.69, 9.17) is 16.3 Å². The van der Waals surface area contributed by atoms with Crippen LogP contribution >= 0.6 is 11.6 Å². The number of carbonyl (C=O) groups is 1. The summed E-state index contributed by atoms with van der Waals surface area (Å²) in [7, 11) is -2.32. The van der Waals surface area contributed by atoms with Crippen LogP contribution in [0.4, 0.5) is 0 Å². The van der Waals surface area contributed by atoms with E-state index < -0.39 is 10.0 Å². The SMILES string of the molecule is COc1ccc(C(=O)NCc2cccc(Cl)c2)cc1S(=O)(=O)N1CCCCCC1. The summed E-state index contributed by atoms with van der Waals surface area (Å²) in [5.41, 5.74) is 1.12. The predicted octanol–water partition coefficient (Wildman–Crippen LogP) is 3.84. The van der Waals surface area contributed by atoms with E-state index in [1.54, 1.807) is 18.2 Å². The summed E-state index contributed by atoms with van der Waals surface area (Å²) >= 11 is 5.97. The molecular weight excluding hydrogens is 412 g/mol. The molecule has 1 amide bonds. The number of benzene rings is 2. The highest BCUT2D eigenvalue weighted by molar-refractivity contribution is 7.89. The lowest BCUT2D eigenvalue weighted by Gasteiger charge is -2.21. The molecule has 8 heteroatoms. The van der Waals surface area contributed by atoms with Crippen LogP contribution in [0, 0.1) is 0 Å². The van der Waals surface area contributed by atoms with Gasteiger partial charge in [-0.15, -0.1) is 0 Å². The molecule has 0 bridgehead atoms. The Bertz CT molecular complexity index is 970. The van der Waals surface area contributed by atoms with E-state index in [0.717, 1.165) is 31.2 Å². The second kappa shape index (κ2) is 9.61. The standard InChI is InChI=1S/C21H25ClN2O4S/c1-28-19-10-9-17(21(25)23-15-16-7-6-8-18(22)13-16)14-20(19)29(26,27)24-11-4-2-3-5-12-24/h6-10,13-14H,2-5,11-12,15H2,1H3,(H,23,25). The molecule has 156 valence electrons. The quantitative estimate of drug-likeness (QED) is 0.746. The van der Waals surface area contributed by atoms with Gasteiger partial charge < -0.3 is 10.1 Å². The number of ether oxygens (including phenoxy) is 1. The first-order chi connectivity index (χ1) is 13.9. The van der Waals surface area contributed by atoms with Crippen LogP contribution in [0.3, 0.4) is 0 Å². The van der Waals surface area contributed by atoms with Gasteiger partial charge in [-0.05, 0) is 48.7 Å². The molecule has 1 fully saturated rings. The molecule has 0 radical (unpaired) electrons. The summed E-state index contributed by atoms with van der Waals surface area (Å²) in [5, 5.41) is 3.39. The first kappa shape index (κ1) is 21.6. The van der Waals surface area contributed by atoms with Crippen molar-refractivity contribution in [2.45, 2.75) is 37.1 Å². The van der Waals surface area contributed by atoms with Gasteiger partial charge in [0.1, 0.15) is 10.6 Å². The number of hydrogen-bond acceptors (Lipinski definition) is 4.